The maximum absolute atomic E-state index is 10.5. The van der Waals surface area contributed by atoms with Crippen LogP contribution in [0.15, 0.2) is 36.5 Å². The first-order chi connectivity index (χ1) is 9.25. The molecular formula is C15H14ClNO2. The molecule has 1 unspecified atom stereocenters. The van der Waals surface area contributed by atoms with Gasteiger partial charge in [0.25, 0.3) is 0 Å². The summed E-state index contributed by atoms with van der Waals surface area (Å²) in [5.41, 5.74) is 2.50. The van der Waals surface area contributed by atoms with E-state index in [0.29, 0.717) is 17.3 Å². The number of pyridine rings is 1. The van der Waals surface area contributed by atoms with Gasteiger partial charge in [-0.3, -0.25) is 4.98 Å². The first-order valence-electron chi connectivity index (χ1n) is 6.30. The predicted molar refractivity (Wildman–Crippen MR) is 73.6 cm³/mol. The zero-order valence-corrected chi connectivity index (χ0v) is 11.1. The zero-order chi connectivity index (χ0) is 13.2. The first-order valence-corrected chi connectivity index (χ1v) is 6.67. The van der Waals surface area contributed by atoms with E-state index in [-0.39, 0.29) is 0 Å². The molecule has 4 heteroatoms. The summed E-state index contributed by atoms with van der Waals surface area (Å²) in [6, 6.07) is 9.33. The molecule has 3 nitrogen and oxygen atoms in total. The molecule has 0 fully saturated rings. The first kappa shape index (κ1) is 12.5. The molecule has 1 aromatic carbocycles. The van der Waals surface area contributed by atoms with Gasteiger partial charge in [-0.05, 0) is 30.5 Å². The Morgan fingerprint density at radius 2 is 2.16 bits per heavy atom. The van der Waals surface area contributed by atoms with Crippen molar-refractivity contribution in [1.29, 1.82) is 0 Å². The lowest BCUT2D eigenvalue weighted by atomic mass is 9.98. The number of aryl methyl sites for hydroxylation is 1. The van der Waals surface area contributed by atoms with Gasteiger partial charge >= 0.3 is 0 Å². The molecule has 19 heavy (non-hydrogen) atoms. The normalized spacial score (nSPS) is 15.5. The number of nitrogens with zero attached hydrogens (tertiary/aromatic N) is 1. The van der Waals surface area contributed by atoms with Gasteiger partial charge in [-0.15, -0.1) is 0 Å². The van der Waals surface area contributed by atoms with Gasteiger partial charge in [-0.2, -0.15) is 0 Å². The molecule has 2 aromatic rings. The topological polar surface area (TPSA) is 42.4 Å². The summed E-state index contributed by atoms with van der Waals surface area (Å²) in [5, 5.41) is 11.0. The summed E-state index contributed by atoms with van der Waals surface area (Å²) < 4.78 is 5.71. The highest BCUT2D eigenvalue weighted by atomic mass is 35.5. The van der Waals surface area contributed by atoms with Crippen LogP contribution in [-0.4, -0.2) is 16.7 Å². The van der Waals surface area contributed by atoms with E-state index in [0.717, 1.165) is 29.7 Å². The Labute approximate surface area is 116 Å². The van der Waals surface area contributed by atoms with Crippen LogP contribution in [0.3, 0.4) is 0 Å². The number of hydrogen-bond donors (Lipinski definition) is 1. The Hall–Kier alpha value is -1.58. The molecule has 0 saturated heterocycles. The maximum Gasteiger partial charge on any atom is 0.128 e. The highest BCUT2D eigenvalue weighted by molar-refractivity contribution is 6.30. The van der Waals surface area contributed by atoms with Crippen LogP contribution in [0.5, 0.6) is 5.75 Å². The van der Waals surface area contributed by atoms with E-state index in [1.54, 1.807) is 12.1 Å². The molecule has 0 aliphatic carbocycles. The molecular weight excluding hydrogens is 262 g/mol. The molecule has 3 rings (SSSR count). The highest BCUT2D eigenvalue weighted by Gasteiger charge is 2.21. The second kappa shape index (κ2) is 5.19. The largest absolute Gasteiger partial charge is 0.493 e. The molecule has 0 spiro atoms. The molecule has 0 bridgehead atoms. The van der Waals surface area contributed by atoms with Crippen molar-refractivity contribution in [3.05, 3.63) is 58.4 Å². The minimum Gasteiger partial charge on any atom is -0.493 e. The Kier molecular flexibility index (Phi) is 3.40. The molecule has 1 atom stereocenters. The fourth-order valence-electron chi connectivity index (χ4n) is 2.34. The molecule has 2 heterocycles. The number of aromatic nitrogens is 1. The van der Waals surface area contributed by atoms with Crippen molar-refractivity contribution in [2.24, 2.45) is 0 Å². The van der Waals surface area contributed by atoms with Crippen LogP contribution >= 0.6 is 11.6 Å². The number of rotatable bonds is 2. The lowest BCUT2D eigenvalue weighted by molar-refractivity contribution is 0.202. The van der Waals surface area contributed by atoms with E-state index >= 15 is 0 Å². The van der Waals surface area contributed by atoms with Crippen LogP contribution in [0, 0.1) is 0 Å². The minimum atomic E-state index is -0.787. The molecule has 0 amide bonds. The van der Waals surface area contributed by atoms with Crippen molar-refractivity contribution in [2.75, 3.05) is 6.61 Å². The summed E-state index contributed by atoms with van der Waals surface area (Å²) >= 11 is 5.81. The van der Waals surface area contributed by atoms with E-state index in [1.807, 2.05) is 18.2 Å². The van der Waals surface area contributed by atoms with E-state index < -0.39 is 6.10 Å². The number of fused-ring (bicyclic) bond motifs is 1. The van der Waals surface area contributed by atoms with Crippen molar-refractivity contribution in [3.63, 3.8) is 0 Å². The van der Waals surface area contributed by atoms with Gasteiger partial charge in [-0.1, -0.05) is 29.8 Å². The maximum atomic E-state index is 10.5. The lowest BCUT2D eigenvalue weighted by Gasteiger charge is -2.22. The van der Waals surface area contributed by atoms with Gasteiger partial charge in [0.2, 0.25) is 0 Å². The van der Waals surface area contributed by atoms with Crippen LogP contribution in [0.25, 0.3) is 0 Å². The molecule has 1 aliphatic rings. The van der Waals surface area contributed by atoms with Crippen LogP contribution in [0.4, 0.5) is 0 Å². The Morgan fingerprint density at radius 3 is 2.95 bits per heavy atom. The smallest absolute Gasteiger partial charge is 0.128 e. The van der Waals surface area contributed by atoms with Crippen molar-refractivity contribution in [2.45, 2.75) is 18.9 Å². The molecule has 0 saturated carbocycles. The Balaban J connectivity index is 1.99. The van der Waals surface area contributed by atoms with E-state index in [4.69, 9.17) is 16.3 Å². The summed E-state index contributed by atoms with van der Waals surface area (Å²) in [6.07, 6.45) is 2.76. The highest BCUT2D eigenvalue weighted by Crippen LogP contribution is 2.35. The number of halogens is 1. The number of benzene rings is 1. The molecule has 1 N–H and O–H groups in total. The molecule has 1 aromatic heterocycles. The third-order valence-corrected chi connectivity index (χ3v) is 3.51. The third-order valence-electron chi connectivity index (χ3n) is 3.29. The van der Waals surface area contributed by atoms with Gasteiger partial charge in [-0.25, -0.2) is 0 Å². The summed E-state index contributed by atoms with van der Waals surface area (Å²) in [4.78, 5) is 4.17. The van der Waals surface area contributed by atoms with Gasteiger partial charge in [0.05, 0.1) is 17.3 Å². The number of aliphatic hydroxyl groups is 1. The van der Waals surface area contributed by atoms with Gasteiger partial charge < -0.3 is 9.84 Å². The van der Waals surface area contributed by atoms with E-state index in [9.17, 15) is 5.11 Å². The molecule has 1 aliphatic heterocycles. The summed E-state index contributed by atoms with van der Waals surface area (Å²) in [6.45, 7) is 0.699. The average molecular weight is 276 g/mol. The van der Waals surface area contributed by atoms with Gasteiger partial charge in [0.15, 0.2) is 0 Å². The third kappa shape index (κ3) is 2.44. The average Bonchev–Trinajstić information content (AvgIpc) is 2.47. The monoisotopic (exact) mass is 275 g/mol. The quantitative estimate of drug-likeness (QED) is 0.915. The minimum absolute atomic E-state index is 0.558. The van der Waals surface area contributed by atoms with Crippen molar-refractivity contribution < 1.29 is 9.84 Å². The molecule has 98 valence electrons. The molecule has 0 radical (unpaired) electrons. The fraction of sp³-hybridized carbons (Fsp3) is 0.267. The number of para-hydroxylation sites is 1. The SMILES string of the molecule is OC(c1ccc(Cl)cn1)c1cccc2c1OCCC2. The second-order valence-electron chi connectivity index (χ2n) is 4.59. The number of hydrogen-bond acceptors (Lipinski definition) is 3. The predicted octanol–water partition coefficient (Wildman–Crippen LogP) is 3.14. The zero-order valence-electron chi connectivity index (χ0n) is 10.3. The number of ether oxygens (including phenoxy) is 1. The van der Waals surface area contributed by atoms with Crippen LogP contribution in [0.2, 0.25) is 5.02 Å². The van der Waals surface area contributed by atoms with Crippen molar-refractivity contribution in [3.8, 4) is 5.75 Å². The second-order valence-corrected chi connectivity index (χ2v) is 5.03. The van der Waals surface area contributed by atoms with Crippen LogP contribution in [0.1, 0.15) is 29.3 Å². The van der Waals surface area contributed by atoms with E-state index in [2.05, 4.69) is 4.98 Å². The van der Waals surface area contributed by atoms with Crippen molar-refractivity contribution in [1.82, 2.24) is 4.98 Å². The summed E-state index contributed by atoms with van der Waals surface area (Å²) in [5.74, 6) is 0.804. The van der Waals surface area contributed by atoms with Crippen molar-refractivity contribution >= 4 is 11.6 Å². The van der Waals surface area contributed by atoms with Crippen LogP contribution in [-0.2, 0) is 6.42 Å². The fourth-order valence-corrected chi connectivity index (χ4v) is 2.45. The Morgan fingerprint density at radius 1 is 1.26 bits per heavy atom. The standard InChI is InChI=1S/C15H14ClNO2/c16-11-6-7-13(17-9-11)14(18)12-5-1-3-10-4-2-8-19-15(10)12/h1,3,5-7,9,14,18H,2,4,8H2. The number of aliphatic hydroxyl groups excluding tert-OH is 1. The van der Waals surface area contributed by atoms with Crippen LogP contribution < -0.4 is 4.74 Å². The summed E-state index contributed by atoms with van der Waals surface area (Å²) in [7, 11) is 0. The van der Waals surface area contributed by atoms with E-state index in [1.165, 1.54) is 6.20 Å². The Bertz CT molecular complexity index is 583. The van der Waals surface area contributed by atoms with Gasteiger partial charge in [0.1, 0.15) is 11.9 Å². The lowest BCUT2D eigenvalue weighted by Crippen LogP contribution is -2.13. The van der Waals surface area contributed by atoms with Gasteiger partial charge in [0, 0.05) is 11.8 Å².